The molecule has 88 valence electrons. The van der Waals surface area contributed by atoms with Crippen LogP contribution in [0.1, 0.15) is 37.0 Å². The van der Waals surface area contributed by atoms with E-state index in [1.54, 1.807) is 13.8 Å². The molecule has 2 heteroatoms. The number of hydrogen-bond acceptors (Lipinski definition) is 1. The van der Waals surface area contributed by atoms with Gasteiger partial charge in [-0.2, -0.15) is 0 Å². The molecule has 0 heterocycles. The van der Waals surface area contributed by atoms with Crippen LogP contribution in [0.2, 0.25) is 0 Å². The zero-order valence-corrected chi connectivity index (χ0v) is 10.5. The molecular weight excluding hydrogens is 200 g/mol. The summed E-state index contributed by atoms with van der Waals surface area (Å²) in [6.07, 6.45) is 1.49. The van der Waals surface area contributed by atoms with E-state index < -0.39 is 11.4 Å². The summed E-state index contributed by atoms with van der Waals surface area (Å²) in [7, 11) is 0. The van der Waals surface area contributed by atoms with E-state index >= 15 is 0 Å². The molecule has 1 aromatic carbocycles. The third-order valence-electron chi connectivity index (χ3n) is 3.19. The molecule has 0 fully saturated rings. The Morgan fingerprint density at radius 2 is 1.88 bits per heavy atom. The van der Waals surface area contributed by atoms with Gasteiger partial charge in [0.2, 0.25) is 0 Å². The van der Waals surface area contributed by atoms with E-state index in [9.17, 15) is 4.79 Å². The van der Waals surface area contributed by atoms with Crippen molar-refractivity contribution in [1.82, 2.24) is 0 Å². The van der Waals surface area contributed by atoms with Crippen LogP contribution in [0, 0.1) is 19.3 Å². The van der Waals surface area contributed by atoms with Crippen LogP contribution in [0.5, 0.6) is 0 Å². The van der Waals surface area contributed by atoms with Gasteiger partial charge in [0.1, 0.15) is 0 Å². The predicted molar refractivity (Wildman–Crippen MR) is 65.7 cm³/mol. The fraction of sp³-hybridized carbons (Fsp3) is 0.500. The number of rotatable bonds is 4. The molecule has 0 aliphatic carbocycles. The van der Waals surface area contributed by atoms with E-state index in [1.807, 2.05) is 0 Å². The normalized spacial score (nSPS) is 11.5. The number of benzene rings is 1. The van der Waals surface area contributed by atoms with Crippen LogP contribution in [-0.2, 0) is 11.2 Å². The summed E-state index contributed by atoms with van der Waals surface area (Å²) in [5.41, 5.74) is 3.13. The molecule has 0 bridgehead atoms. The summed E-state index contributed by atoms with van der Waals surface area (Å²) in [4.78, 5) is 11.0. The SMILES string of the molecule is Cc1ccc(CCC(C)(C)C(=O)O)cc1C. The highest BCUT2D eigenvalue weighted by molar-refractivity contribution is 5.73. The monoisotopic (exact) mass is 220 g/mol. The van der Waals surface area contributed by atoms with E-state index in [-0.39, 0.29) is 0 Å². The van der Waals surface area contributed by atoms with E-state index in [2.05, 4.69) is 32.0 Å². The molecule has 1 N–H and O–H groups in total. The zero-order chi connectivity index (χ0) is 12.3. The van der Waals surface area contributed by atoms with Crippen LogP contribution in [0.15, 0.2) is 18.2 Å². The molecule has 1 aromatic rings. The molecule has 0 saturated carbocycles. The lowest BCUT2D eigenvalue weighted by molar-refractivity contribution is -0.147. The molecule has 0 aliphatic rings. The molecule has 1 rings (SSSR count). The minimum Gasteiger partial charge on any atom is -0.481 e. The summed E-state index contributed by atoms with van der Waals surface area (Å²) in [6, 6.07) is 6.33. The van der Waals surface area contributed by atoms with Gasteiger partial charge < -0.3 is 5.11 Å². The van der Waals surface area contributed by atoms with Gasteiger partial charge in [0.15, 0.2) is 0 Å². The number of aryl methyl sites for hydroxylation is 3. The average Bonchev–Trinajstić information content (AvgIpc) is 2.20. The zero-order valence-electron chi connectivity index (χ0n) is 10.5. The van der Waals surface area contributed by atoms with Gasteiger partial charge >= 0.3 is 5.97 Å². The summed E-state index contributed by atoms with van der Waals surface area (Å²) < 4.78 is 0. The number of carboxylic acid groups (broad SMARTS) is 1. The summed E-state index contributed by atoms with van der Waals surface area (Å²) >= 11 is 0. The van der Waals surface area contributed by atoms with Gasteiger partial charge in [-0.3, -0.25) is 4.79 Å². The van der Waals surface area contributed by atoms with E-state index in [1.165, 1.54) is 16.7 Å². The Balaban J connectivity index is 2.68. The lowest BCUT2D eigenvalue weighted by atomic mass is 9.86. The van der Waals surface area contributed by atoms with Gasteiger partial charge in [-0.1, -0.05) is 18.2 Å². The minimum absolute atomic E-state index is 0.640. The molecular formula is C14H20O2. The minimum atomic E-state index is -0.726. The molecule has 16 heavy (non-hydrogen) atoms. The molecule has 0 atom stereocenters. The molecule has 0 saturated heterocycles. The first-order chi connectivity index (χ1) is 7.33. The lowest BCUT2D eigenvalue weighted by Crippen LogP contribution is -2.24. The maximum atomic E-state index is 11.0. The predicted octanol–water partition coefficient (Wildman–Crippen LogP) is 3.35. The van der Waals surface area contributed by atoms with E-state index in [0.29, 0.717) is 6.42 Å². The van der Waals surface area contributed by atoms with Gasteiger partial charge in [-0.05, 0) is 57.2 Å². The van der Waals surface area contributed by atoms with Crippen molar-refractivity contribution in [3.05, 3.63) is 34.9 Å². The summed E-state index contributed by atoms with van der Waals surface area (Å²) in [5.74, 6) is -0.726. The van der Waals surface area contributed by atoms with Crippen molar-refractivity contribution >= 4 is 5.97 Å². The molecule has 0 amide bonds. The van der Waals surface area contributed by atoms with Crippen molar-refractivity contribution in [2.45, 2.75) is 40.5 Å². The van der Waals surface area contributed by atoms with Crippen LogP contribution in [0.4, 0.5) is 0 Å². The lowest BCUT2D eigenvalue weighted by Gasteiger charge is -2.18. The first-order valence-electron chi connectivity index (χ1n) is 5.62. The van der Waals surface area contributed by atoms with Crippen LogP contribution in [0.3, 0.4) is 0 Å². The third kappa shape index (κ3) is 3.09. The highest BCUT2D eigenvalue weighted by atomic mass is 16.4. The molecule has 2 nitrogen and oxygen atoms in total. The van der Waals surface area contributed by atoms with Gasteiger partial charge in [0.25, 0.3) is 0 Å². The standard InChI is InChI=1S/C14H20O2/c1-10-5-6-12(9-11(10)2)7-8-14(3,4)13(15)16/h5-6,9H,7-8H2,1-4H3,(H,15,16). The quantitative estimate of drug-likeness (QED) is 0.845. The Morgan fingerprint density at radius 1 is 1.25 bits per heavy atom. The number of carboxylic acids is 1. The molecule has 0 aliphatic heterocycles. The number of aliphatic carboxylic acids is 1. The Bertz CT molecular complexity index is 392. The maximum Gasteiger partial charge on any atom is 0.309 e. The van der Waals surface area contributed by atoms with Gasteiger partial charge in [0.05, 0.1) is 5.41 Å². The van der Waals surface area contributed by atoms with Gasteiger partial charge in [0, 0.05) is 0 Å². The summed E-state index contributed by atoms with van der Waals surface area (Å²) in [5, 5.41) is 9.02. The fourth-order valence-electron chi connectivity index (χ4n) is 1.52. The maximum absolute atomic E-state index is 11.0. The number of hydrogen-bond donors (Lipinski definition) is 1. The molecule has 0 spiro atoms. The summed E-state index contributed by atoms with van der Waals surface area (Å²) in [6.45, 7) is 7.72. The highest BCUT2D eigenvalue weighted by Crippen LogP contribution is 2.23. The molecule has 0 aromatic heterocycles. The van der Waals surface area contributed by atoms with Crippen molar-refractivity contribution in [1.29, 1.82) is 0 Å². The Kier molecular flexibility index (Phi) is 3.74. The largest absolute Gasteiger partial charge is 0.481 e. The Morgan fingerprint density at radius 3 is 2.38 bits per heavy atom. The van der Waals surface area contributed by atoms with Crippen molar-refractivity contribution in [3.63, 3.8) is 0 Å². The second kappa shape index (κ2) is 4.69. The second-order valence-electron chi connectivity index (χ2n) is 5.11. The Hall–Kier alpha value is -1.31. The van der Waals surface area contributed by atoms with Crippen LogP contribution >= 0.6 is 0 Å². The van der Waals surface area contributed by atoms with Gasteiger partial charge in [-0.15, -0.1) is 0 Å². The van der Waals surface area contributed by atoms with Crippen LogP contribution in [0.25, 0.3) is 0 Å². The van der Waals surface area contributed by atoms with Crippen molar-refractivity contribution < 1.29 is 9.90 Å². The third-order valence-corrected chi connectivity index (χ3v) is 3.19. The molecule has 0 radical (unpaired) electrons. The Labute approximate surface area is 97.3 Å². The van der Waals surface area contributed by atoms with Crippen LogP contribution in [-0.4, -0.2) is 11.1 Å². The first-order valence-corrected chi connectivity index (χ1v) is 5.62. The van der Waals surface area contributed by atoms with Crippen molar-refractivity contribution in [3.8, 4) is 0 Å². The van der Waals surface area contributed by atoms with E-state index in [0.717, 1.165) is 6.42 Å². The van der Waals surface area contributed by atoms with Gasteiger partial charge in [-0.25, -0.2) is 0 Å². The average molecular weight is 220 g/mol. The van der Waals surface area contributed by atoms with E-state index in [4.69, 9.17) is 5.11 Å². The second-order valence-corrected chi connectivity index (χ2v) is 5.11. The van der Waals surface area contributed by atoms with Crippen molar-refractivity contribution in [2.75, 3.05) is 0 Å². The van der Waals surface area contributed by atoms with Crippen LogP contribution < -0.4 is 0 Å². The number of carbonyl (C=O) groups is 1. The first kappa shape index (κ1) is 12.8. The topological polar surface area (TPSA) is 37.3 Å². The highest BCUT2D eigenvalue weighted by Gasteiger charge is 2.26. The molecule has 0 unspecified atom stereocenters. The fourth-order valence-corrected chi connectivity index (χ4v) is 1.52. The van der Waals surface area contributed by atoms with Crippen molar-refractivity contribution in [2.24, 2.45) is 5.41 Å². The smallest absolute Gasteiger partial charge is 0.309 e.